The number of ether oxygens (including phenoxy) is 5. The Morgan fingerprint density at radius 1 is 0.760 bits per heavy atom. The first-order valence-corrected chi connectivity index (χ1v) is 17.4. The van der Waals surface area contributed by atoms with Crippen molar-refractivity contribution in [3.8, 4) is 40.2 Å². The van der Waals surface area contributed by atoms with Crippen LogP contribution in [0.4, 0.5) is 0 Å². The molecule has 6 bridgehead atoms. The van der Waals surface area contributed by atoms with E-state index >= 15 is 0 Å². The Labute approximate surface area is 293 Å². The van der Waals surface area contributed by atoms with Crippen LogP contribution in [0.5, 0.6) is 40.2 Å². The molecule has 0 fully saturated rings. The summed E-state index contributed by atoms with van der Waals surface area (Å²) in [7, 11) is 9.50. The van der Waals surface area contributed by atoms with Crippen LogP contribution >= 0.6 is 0 Å². The molecule has 1 aromatic heterocycles. The Hall–Kier alpha value is -4.99. The number of nitrogens with zero attached hydrogens (tertiary/aromatic N) is 4. The van der Waals surface area contributed by atoms with Crippen LogP contribution in [0, 0.1) is 0 Å². The predicted octanol–water partition coefficient (Wildman–Crippen LogP) is 7.40. The lowest BCUT2D eigenvalue weighted by Crippen LogP contribution is -2.35. The standard InChI is InChI=1S/C41H44N4O5/c1-43-19-15-28-10-13-30-24-32(28)34(43)21-26-7-11-29(12-8-26)49-37-23-27(9-14-36(37)46-3)22-35-38-31(16-20-44(35)2)33(25-45-18-6-17-42-45)39(47-4)41(48-5)40(38)50-30/h6-14,17-18,23-24,34-35H,15-16,19-22,25H2,1-5H3/t34-,35-/m0/s1. The number of fused-ring (bicyclic) bond motifs is 2. The Bertz CT molecular complexity index is 2010. The minimum atomic E-state index is -0.0270. The Balaban J connectivity index is 1.36. The van der Waals surface area contributed by atoms with E-state index in [1.807, 2.05) is 29.2 Å². The van der Waals surface area contributed by atoms with E-state index in [1.54, 1.807) is 21.3 Å². The summed E-state index contributed by atoms with van der Waals surface area (Å²) in [5.41, 5.74) is 8.40. The molecule has 50 heavy (non-hydrogen) atoms. The van der Waals surface area contributed by atoms with Crippen LogP contribution in [0.15, 0.2) is 79.1 Å². The molecular formula is C41H44N4O5. The number of methoxy groups -OCH3 is 3. The first kappa shape index (κ1) is 32.2. The molecule has 258 valence electrons. The Kier molecular flexibility index (Phi) is 8.62. The van der Waals surface area contributed by atoms with Gasteiger partial charge in [0, 0.05) is 48.7 Å². The van der Waals surface area contributed by atoms with Gasteiger partial charge in [-0.05, 0) is 110 Å². The van der Waals surface area contributed by atoms with Gasteiger partial charge in [-0.1, -0.05) is 24.3 Å². The molecule has 9 heteroatoms. The molecule has 0 N–H and O–H groups in total. The van der Waals surface area contributed by atoms with Crippen molar-refractivity contribution in [3.63, 3.8) is 0 Å². The summed E-state index contributed by atoms with van der Waals surface area (Å²) in [6.07, 6.45) is 7.20. The fourth-order valence-electron chi connectivity index (χ4n) is 8.03. The number of aromatic nitrogens is 2. The quantitative estimate of drug-likeness (QED) is 0.191. The fraction of sp³-hybridized carbons (Fsp3) is 0.341. The van der Waals surface area contributed by atoms with Gasteiger partial charge in [0.1, 0.15) is 11.5 Å². The van der Waals surface area contributed by atoms with Crippen LogP contribution in [0.3, 0.4) is 0 Å². The molecule has 0 spiro atoms. The fourth-order valence-corrected chi connectivity index (χ4v) is 8.03. The molecule has 0 amide bonds. The first-order valence-electron chi connectivity index (χ1n) is 17.4. The summed E-state index contributed by atoms with van der Waals surface area (Å²) in [5, 5.41) is 4.55. The van der Waals surface area contributed by atoms with E-state index in [1.165, 1.54) is 22.3 Å². The molecule has 2 atom stereocenters. The smallest absolute Gasteiger partial charge is 0.204 e. The van der Waals surface area contributed by atoms with Crippen LogP contribution in [0.25, 0.3) is 0 Å². The van der Waals surface area contributed by atoms with Crippen molar-refractivity contribution in [1.29, 1.82) is 0 Å². The van der Waals surface area contributed by atoms with Gasteiger partial charge in [0.25, 0.3) is 0 Å². The lowest BCUT2D eigenvalue weighted by molar-refractivity contribution is 0.220. The molecule has 0 radical (unpaired) electrons. The highest BCUT2D eigenvalue weighted by atomic mass is 16.5. The van der Waals surface area contributed by atoms with Gasteiger partial charge in [-0.3, -0.25) is 14.5 Å². The molecule has 0 unspecified atom stereocenters. The van der Waals surface area contributed by atoms with E-state index < -0.39 is 0 Å². The molecule has 9 nitrogen and oxygen atoms in total. The maximum absolute atomic E-state index is 7.10. The van der Waals surface area contributed by atoms with Crippen molar-refractivity contribution in [3.05, 3.63) is 118 Å². The Morgan fingerprint density at radius 2 is 1.50 bits per heavy atom. The van der Waals surface area contributed by atoms with Gasteiger partial charge < -0.3 is 23.7 Å². The third-order valence-corrected chi connectivity index (χ3v) is 10.7. The van der Waals surface area contributed by atoms with E-state index in [2.05, 4.69) is 83.6 Å². The van der Waals surface area contributed by atoms with E-state index in [0.29, 0.717) is 41.7 Å². The molecule has 4 aliphatic rings. The predicted molar refractivity (Wildman–Crippen MR) is 192 cm³/mol. The summed E-state index contributed by atoms with van der Waals surface area (Å²) in [6, 6.07) is 23.4. The summed E-state index contributed by atoms with van der Waals surface area (Å²) in [4.78, 5) is 4.87. The number of hydrogen-bond acceptors (Lipinski definition) is 8. The van der Waals surface area contributed by atoms with Crippen molar-refractivity contribution in [2.75, 3.05) is 48.5 Å². The van der Waals surface area contributed by atoms with Gasteiger partial charge in [-0.25, -0.2) is 0 Å². The van der Waals surface area contributed by atoms with Crippen LogP contribution < -0.4 is 23.7 Å². The van der Waals surface area contributed by atoms with Crippen molar-refractivity contribution >= 4 is 0 Å². The Morgan fingerprint density at radius 3 is 2.26 bits per heavy atom. The summed E-state index contributed by atoms with van der Waals surface area (Å²) < 4.78 is 33.7. The lowest BCUT2D eigenvalue weighted by atomic mass is 9.84. The summed E-state index contributed by atoms with van der Waals surface area (Å²) in [6.45, 7) is 2.42. The number of likely N-dealkylation sites (N-methyl/N-ethyl adjacent to an activating group) is 2. The first-order chi connectivity index (χ1) is 24.4. The lowest BCUT2D eigenvalue weighted by Gasteiger charge is -2.38. The number of rotatable bonds is 5. The molecular weight excluding hydrogens is 628 g/mol. The SMILES string of the molecule is COc1ccc2cc1Oc1ccc(cc1)C[C@H]1c3cc(ccc3CCN1C)Oc1c(OC)c(OC)c(Cn3cccn3)c3c1[C@H](C2)N(C)CC3. The highest BCUT2D eigenvalue weighted by molar-refractivity contribution is 5.67. The average Bonchev–Trinajstić information content (AvgIpc) is 3.65. The van der Waals surface area contributed by atoms with E-state index in [0.717, 1.165) is 60.5 Å². The topological polar surface area (TPSA) is 70.5 Å². The minimum absolute atomic E-state index is 0.0270. The van der Waals surface area contributed by atoms with Gasteiger partial charge in [0.2, 0.25) is 5.75 Å². The summed E-state index contributed by atoms with van der Waals surface area (Å²) in [5.74, 6) is 4.91. The normalized spacial score (nSPS) is 18.7. The average molecular weight is 673 g/mol. The zero-order valence-corrected chi connectivity index (χ0v) is 29.4. The maximum atomic E-state index is 7.10. The van der Waals surface area contributed by atoms with E-state index in [-0.39, 0.29) is 12.1 Å². The van der Waals surface area contributed by atoms with Crippen molar-refractivity contribution in [1.82, 2.24) is 19.6 Å². The largest absolute Gasteiger partial charge is 0.493 e. The third-order valence-electron chi connectivity index (χ3n) is 10.7. The van der Waals surface area contributed by atoms with Gasteiger partial charge in [-0.15, -0.1) is 0 Å². The number of benzene rings is 4. The van der Waals surface area contributed by atoms with E-state index in [9.17, 15) is 0 Å². The van der Waals surface area contributed by atoms with Crippen LogP contribution in [-0.2, 0) is 32.2 Å². The van der Waals surface area contributed by atoms with Gasteiger partial charge in [0.15, 0.2) is 23.0 Å². The zero-order chi connectivity index (χ0) is 34.4. The van der Waals surface area contributed by atoms with Crippen molar-refractivity contribution < 1.29 is 23.7 Å². The van der Waals surface area contributed by atoms with Gasteiger partial charge in [0.05, 0.1) is 27.9 Å². The van der Waals surface area contributed by atoms with E-state index in [4.69, 9.17) is 23.7 Å². The molecule has 0 saturated carbocycles. The maximum Gasteiger partial charge on any atom is 0.204 e. The van der Waals surface area contributed by atoms with Gasteiger partial charge in [-0.2, -0.15) is 5.10 Å². The highest BCUT2D eigenvalue weighted by Gasteiger charge is 2.36. The summed E-state index contributed by atoms with van der Waals surface area (Å²) >= 11 is 0. The van der Waals surface area contributed by atoms with Crippen molar-refractivity contribution in [2.24, 2.45) is 0 Å². The second kappa shape index (κ2) is 13.4. The highest BCUT2D eigenvalue weighted by Crippen LogP contribution is 2.53. The van der Waals surface area contributed by atoms with Crippen LogP contribution in [0.1, 0.15) is 51.0 Å². The molecule has 4 aliphatic heterocycles. The zero-order valence-electron chi connectivity index (χ0n) is 29.4. The molecule has 0 saturated heterocycles. The van der Waals surface area contributed by atoms with Crippen LogP contribution in [0.2, 0.25) is 0 Å². The van der Waals surface area contributed by atoms with Crippen LogP contribution in [-0.4, -0.2) is 68.1 Å². The molecule has 5 aromatic rings. The minimum Gasteiger partial charge on any atom is -0.493 e. The molecule has 0 aliphatic carbocycles. The molecule has 5 heterocycles. The third kappa shape index (κ3) is 5.84. The molecule has 9 rings (SSSR count). The monoisotopic (exact) mass is 672 g/mol. The molecule has 4 aromatic carbocycles. The number of hydrogen-bond donors (Lipinski definition) is 0. The van der Waals surface area contributed by atoms with Crippen molar-refractivity contribution in [2.45, 2.75) is 44.3 Å². The second-order valence-electron chi connectivity index (χ2n) is 13.6. The van der Waals surface area contributed by atoms with Gasteiger partial charge >= 0.3 is 0 Å². The second-order valence-corrected chi connectivity index (χ2v) is 13.6.